The highest BCUT2D eigenvalue weighted by molar-refractivity contribution is 5.85. The maximum atomic E-state index is 9.40. The lowest BCUT2D eigenvalue weighted by Gasteiger charge is -2.10. The Morgan fingerprint density at radius 2 is 1.64 bits per heavy atom. The van der Waals surface area contributed by atoms with Gasteiger partial charge in [-0.05, 0) is 31.1 Å². The Morgan fingerprint density at radius 3 is 2.27 bits per heavy atom. The van der Waals surface area contributed by atoms with E-state index >= 15 is 0 Å². The molecule has 0 aromatic heterocycles. The highest BCUT2D eigenvalue weighted by atomic mass is 35.5. The first kappa shape index (κ1) is 11.5. The van der Waals surface area contributed by atoms with Gasteiger partial charge in [0.1, 0.15) is 0 Å². The van der Waals surface area contributed by atoms with Gasteiger partial charge in [0.05, 0.1) is 6.10 Å². The Hall–Kier alpha value is 0.540. The molecule has 1 nitrogen and oxygen atoms in total. The lowest BCUT2D eigenvalue weighted by Crippen LogP contribution is -2.13. The van der Waals surface area contributed by atoms with E-state index in [1.807, 2.05) is 0 Å². The molecule has 0 saturated heterocycles. The van der Waals surface area contributed by atoms with Crippen molar-refractivity contribution in [2.24, 2.45) is 11.8 Å². The minimum atomic E-state index is 0. The van der Waals surface area contributed by atoms with Gasteiger partial charge < -0.3 is 5.11 Å². The molecule has 2 fully saturated rings. The van der Waals surface area contributed by atoms with Crippen LogP contribution in [0.3, 0.4) is 0 Å². The summed E-state index contributed by atoms with van der Waals surface area (Å²) in [4.78, 5) is 0. The first-order valence-corrected chi connectivity index (χ1v) is 4.06. The van der Waals surface area contributed by atoms with Gasteiger partial charge in [-0.25, -0.2) is 0 Å². The third-order valence-electron chi connectivity index (χ3n) is 3.05. The average Bonchev–Trinajstić information content (AvgIpc) is 2.35. The molecule has 2 aliphatic carbocycles. The first-order chi connectivity index (χ1) is 4.38. The molecule has 2 aliphatic rings. The van der Waals surface area contributed by atoms with Crippen LogP contribution in [-0.4, -0.2) is 11.2 Å². The first-order valence-electron chi connectivity index (χ1n) is 4.06. The number of fused-ring (bicyclic) bond motifs is 1. The third-order valence-corrected chi connectivity index (χ3v) is 3.05. The van der Waals surface area contributed by atoms with E-state index in [-0.39, 0.29) is 30.9 Å². The molecule has 0 spiro atoms. The van der Waals surface area contributed by atoms with Gasteiger partial charge in [-0.2, -0.15) is 0 Å². The Morgan fingerprint density at radius 1 is 0.909 bits per heavy atom. The van der Waals surface area contributed by atoms with Crippen LogP contribution in [0.5, 0.6) is 0 Å². The average molecular weight is 199 g/mol. The smallest absolute Gasteiger partial charge is 0.0571 e. The summed E-state index contributed by atoms with van der Waals surface area (Å²) in [6, 6.07) is 0. The summed E-state index contributed by atoms with van der Waals surface area (Å²) in [5, 5.41) is 9.40. The molecule has 1 N–H and O–H groups in total. The van der Waals surface area contributed by atoms with Crippen LogP contribution < -0.4 is 0 Å². The molecule has 2 saturated carbocycles. The van der Waals surface area contributed by atoms with Gasteiger partial charge in [-0.3, -0.25) is 0 Å². The quantitative estimate of drug-likeness (QED) is 0.635. The van der Waals surface area contributed by atoms with Crippen LogP contribution in [0.1, 0.15) is 32.1 Å². The fourth-order valence-corrected chi connectivity index (χ4v) is 2.53. The fraction of sp³-hybridized carbons (Fsp3) is 1.00. The predicted octanol–water partition coefficient (Wildman–Crippen LogP) is 2.40. The summed E-state index contributed by atoms with van der Waals surface area (Å²) in [7, 11) is 0. The molecule has 68 valence electrons. The molecule has 0 aromatic carbocycles. The van der Waals surface area contributed by atoms with E-state index in [1.165, 1.54) is 25.7 Å². The lowest BCUT2D eigenvalue weighted by atomic mass is 9.99. The van der Waals surface area contributed by atoms with Crippen LogP contribution in [0.4, 0.5) is 0 Å². The van der Waals surface area contributed by atoms with Gasteiger partial charge in [0.15, 0.2) is 0 Å². The van der Waals surface area contributed by atoms with Crippen molar-refractivity contribution in [3.8, 4) is 0 Å². The maximum Gasteiger partial charge on any atom is 0.0571 e. The monoisotopic (exact) mass is 198 g/mol. The van der Waals surface area contributed by atoms with Crippen LogP contribution in [0.25, 0.3) is 0 Å². The summed E-state index contributed by atoms with van der Waals surface area (Å²) in [5.74, 6) is 1.60. The largest absolute Gasteiger partial charge is 0.393 e. The zero-order valence-electron chi connectivity index (χ0n) is 6.53. The summed E-state index contributed by atoms with van der Waals surface area (Å²) < 4.78 is 0. The van der Waals surface area contributed by atoms with Crippen molar-refractivity contribution in [3.63, 3.8) is 0 Å². The number of halogens is 2. The Balaban J connectivity index is 0.000000500. The van der Waals surface area contributed by atoms with E-state index in [1.54, 1.807) is 0 Å². The van der Waals surface area contributed by atoms with Crippen molar-refractivity contribution in [2.75, 3.05) is 0 Å². The molecule has 0 radical (unpaired) electrons. The van der Waals surface area contributed by atoms with Gasteiger partial charge in [-0.15, -0.1) is 24.8 Å². The zero-order chi connectivity index (χ0) is 6.27. The highest BCUT2D eigenvalue weighted by Crippen LogP contribution is 2.43. The molecule has 3 heteroatoms. The number of hydrogen-bond acceptors (Lipinski definition) is 1. The molecule has 3 atom stereocenters. The Bertz CT molecular complexity index is 119. The van der Waals surface area contributed by atoms with Gasteiger partial charge in [-0.1, -0.05) is 12.8 Å². The fourth-order valence-electron chi connectivity index (χ4n) is 2.53. The molecular formula is C8H16Cl2O. The van der Waals surface area contributed by atoms with Crippen LogP contribution >= 0.6 is 24.8 Å². The maximum absolute atomic E-state index is 9.40. The predicted molar refractivity (Wildman–Crippen MR) is 50.6 cm³/mol. The topological polar surface area (TPSA) is 20.2 Å². The van der Waals surface area contributed by atoms with Crippen molar-refractivity contribution in [2.45, 2.75) is 38.2 Å². The molecule has 0 heterocycles. The second kappa shape index (κ2) is 4.54. The summed E-state index contributed by atoms with van der Waals surface area (Å²) in [6.07, 6.45) is 6.50. The summed E-state index contributed by atoms with van der Waals surface area (Å²) in [6.45, 7) is 0. The second-order valence-corrected chi connectivity index (χ2v) is 3.50. The molecule has 11 heavy (non-hydrogen) atoms. The Kier molecular flexibility index (Phi) is 4.76. The van der Waals surface area contributed by atoms with Crippen LogP contribution in [0.15, 0.2) is 0 Å². The van der Waals surface area contributed by atoms with Crippen LogP contribution in [0, 0.1) is 11.8 Å². The van der Waals surface area contributed by atoms with Crippen molar-refractivity contribution < 1.29 is 5.11 Å². The second-order valence-electron chi connectivity index (χ2n) is 3.50. The summed E-state index contributed by atoms with van der Waals surface area (Å²) in [5.41, 5.74) is 0. The number of rotatable bonds is 0. The SMILES string of the molecule is Cl.Cl.OC1CCC2CCCC12. The summed E-state index contributed by atoms with van der Waals surface area (Å²) >= 11 is 0. The highest BCUT2D eigenvalue weighted by Gasteiger charge is 2.37. The van der Waals surface area contributed by atoms with E-state index in [0.29, 0.717) is 5.92 Å². The van der Waals surface area contributed by atoms with E-state index in [4.69, 9.17) is 0 Å². The molecular weight excluding hydrogens is 183 g/mol. The normalized spacial score (nSPS) is 40.6. The number of aliphatic hydroxyl groups is 1. The van der Waals surface area contributed by atoms with Crippen LogP contribution in [0.2, 0.25) is 0 Å². The molecule has 3 unspecified atom stereocenters. The molecule has 0 aromatic rings. The standard InChI is InChI=1S/C8H14O.2ClH/c9-8-5-4-6-2-1-3-7(6)8;;/h6-9H,1-5H2;2*1H. The van der Waals surface area contributed by atoms with Gasteiger partial charge in [0.25, 0.3) is 0 Å². The van der Waals surface area contributed by atoms with Crippen molar-refractivity contribution in [1.29, 1.82) is 0 Å². The number of aliphatic hydroxyl groups excluding tert-OH is 1. The van der Waals surface area contributed by atoms with Crippen molar-refractivity contribution in [1.82, 2.24) is 0 Å². The van der Waals surface area contributed by atoms with E-state index in [0.717, 1.165) is 12.3 Å². The third kappa shape index (κ3) is 2.01. The van der Waals surface area contributed by atoms with Gasteiger partial charge in [0, 0.05) is 0 Å². The van der Waals surface area contributed by atoms with E-state index < -0.39 is 0 Å². The van der Waals surface area contributed by atoms with Gasteiger partial charge >= 0.3 is 0 Å². The molecule has 0 bridgehead atoms. The lowest BCUT2D eigenvalue weighted by molar-refractivity contribution is 0.126. The van der Waals surface area contributed by atoms with Crippen molar-refractivity contribution >= 4 is 24.8 Å². The van der Waals surface area contributed by atoms with E-state index in [9.17, 15) is 5.11 Å². The van der Waals surface area contributed by atoms with Crippen molar-refractivity contribution in [3.05, 3.63) is 0 Å². The van der Waals surface area contributed by atoms with Crippen LogP contribution in [-0.2, 0) is 0 Å². The molecule has 0 amide bonds. The van der Waals surface area contributed by atoms with Gasteiger partial charge in [0.2, 0.25) is 0 Å². The minimum Gasteiger partial charge on any atom is -0.393 e. The zero-order valence-corrected chi connectivity index (χ0v) is 8.16. The molecule has 0 aliphatic heterocycles. The minimum absolute atomic E-state index is 0. The molecule has 2 rings (SSSR count). The Labute approximate surface area is 80.4 Å². The number of hydrogen-bond donors (Lipinski definition) is 1. The van der Waals surface area contributed by atoms with E-state index in [2.05, 4.69) is 0 Å².